The van der Waals surface area contributed by atoms with E-state index in [2.05, 4.69) is 20.9 Å². The molecule has 10 nitrogen and oxygen atoms in total. The number of aliphatic hydroxyl groups is 1. The van der Waals surface area contributed by atoms with Crippen LogP contribution in [0, 0.1) is 5.92 Å². The maximum atomic E-state index is 14.4. The number of nitrogens with zero attached hydrogens (tertiary/aromatic N) is 2. The van der Waals surface area contributed by atoms with Crippen LogP contribution in [0.4, 0.5) is 13.2 Å². The minimum Gasteiger partial charge on any atom is -0.481 e. The second kappa shape index (κ2) is 16.1. The zero-order chi connectivity index (χ0) is 38.0. The van der Waals surface area contributed by atoms with E-state index in [0.717, 1.165) is 40.3 Å². The van der Waals surface area contributed by atoms with Crippen molar-refractivity contribution in [1.29, 1.82) is 0 Å². The van der Waals surface area contributed by atoms with Gasteiger partial charge in [0.25, 0.3) is 0 Å². The molecule has 2 atom stereocenters. The summed E-state index contributed by atoms with van der Waals surface area (Å²) in [4.78, 5) is 20.5. The monoisotopic (exact) mass is 765 g/mol. The van der Waals surface area contributed by atoms with E-state index < -0.39 is 23.7 Å². The first kappa shape index (κ1) is 37.9. The van der Waals surface area contributed by atoms with Gasteiger partial charge in [0, 0.05) is 54.4 Å². The zero-order valence-electron chi connectivity index (χ0n) is 30.1. The highest BCUT2D eigenvalue weighted by Gasteiger charge is 2.39. The van der Waals surface area contributed by atoms with Crippen LogP contribution in [0.25, 0.3) is 22.4 Å². The van der Waals surface area contributed by atoms with E-state index in [1.807, 2.05) is 48.5 Å². The van der Waals surface area contributed by atoms with Gasteiger partial charge in [0.05, 0.1) is 31.0 Å². The van der Waals surface area contributed by atoms with Crippen LogP contribution in [0.15, 0.2) is 54.6 Å². The summed E-state index contributed by atoms with van der Waals surface area (Å²) < 4.78 is 60.5. The van der Waals surface area contributed by atoms with E-state index in [1.54, 1.807) is 7.11 Å². The molecule has 286 valence electrons. The molecular formula is C40H43ClF3N5O5. The van der Waals surface area contributed by atoms with Gasteiger partial charge in [0.1, 0.15) is 11.7 Å². The Balaban J connectivity index is 1.10. The normalized spacial score (nSPS) is 20.7. The number of methoxy groups -OCH3 is 2. The number of alkyl halides is 3. The highest BCUT2D eigenvalue weighted by atomic mass is 35.5. The fourth-order valence-corrected chi connectivity index (χ4v) is 7.93. The lowest BCUT2D eigenvalue weighted by Gasteiger charge is -2.31. The fraction of sp³-hybridized carbons (Fsp3) is 0.425. The summed E-state index contributed by atoms with van der Waals surface area (Å²) in [5, 5.41) is 19.5. The predicted molar refractivity (Wildman–Crippen MR) is 197 cm³/mol. The van der Waals surface area contributed by atoms with Crippen LogP contribution in [0.5, 0.6) is 17.6 Å². The summed E-state index contributed by atoms with van der Waals surface area (Å²) in [6.45, 7) is 1.86. The van der Waals surface area contributed by atoms with E-state index in [1.165, 1.54) is 7.11 Å². The molecule has 1 aliphatic heterocycles. The number of ether oxygens (including phenoxy) is 3. The van der Waals surface area contributed by atoms with Gasteiger partial charge in [-0.15, -0.1) is 0 Å². The SMILES string of the molecule is COc1nc(-c2cccc(-c3cccc4c3CC[C@@H]4Oc3nc(OC)c(CNCC4CC(O)C4)cc3C(F)(F)F)c2Cl)ccc1CNC[C@@H]1CCC(=O)N1. The van der Waals surface area contributed by atoms with Crippen molar-refractivity contribution < 1.29 is 37.3 Å². The Morgan fingerprint density at radius 2 is 1.57 bits per heavy atom. The molecular weight excluding hydrogens is 723 g/mol. The maximum absolute atomic E-state index is 14.4. The van der Waals surface area contributed by atoms with Crippen LogP contribution in [0.1, 0.15) is 66.0 Å². The molecule has 4 N–H and O–H groups in total. The molecule has 14 heteroatoms. The number of rotatable bonds is 14. The first-order chi connectivity index (χ1) is 26.0. The summed E-state index contributed by atoms with van der Waals surface area (Å²) in [5.41, 5.74) is 4.83. The molecule has 54 heavy (non-hydrogen) atoms. The molecule has 0 radical (unpaired) electrons. The second-order valence-corrected chi connectivity index (χ2v) is 14.5. The van der Waals surface area contributed by atoms with Gasteiger partial charge in [-0.1, -0.05) is 54.1 Å². The fourth-order valence-electron chi connectivity index (χ4n) is 7.60. The number of carbonyl (C=O) groups excluding carboxylic acids is 1. The maximum Gasteiger partial charge on any atom is 0.421 e. The van der Waals surface area contributed by atoms with Crippen molar-refractivity contribution in [3.05, 3.63) is 87.4 Å². The number of benzene rings is 2. The summed E-state index contributed by atoms with van der Waals surface area (Å²) >= 11 is 7.12. The van der Waals surface area contributed by atoms with Crippen LogP contribution in [-0.4, -0.2) is 60.4 Å². The molecule has 1 saturated carbocycles. The average Bonchev–Trinajstić information content (AvgIpc) is 3.76. The molecule has 1 saturated heterocycles. The lowest BCUT2D eigenvalue weighted by Crippen LogP contribution is -2.36. The summed E-state index contributed by atoms with van der Waals surface area (Å²) in [6, 6.07) is 16.4. The first-order valence-corrected chi connectivity index (χ1v) is 18.6. The molecule has 2 aliphatic carbocycles. The standard InChI is InChI=1S/C40H43ClF3N5O5/c1-52-37-23(19-46-21-25-10-14-35(51)47-25)9-12-33(48-37)31-8-4-7-30(36(31)41)27-5-3-6-29-28(27)11-13-34(29)54-39-32(40(42,43)44)17-24(38(49-39)53-2)20-45-18-22-15-26(50)16-22/h3-9,12,17,22,25-26,34,45-46,50H,10-11,13-16,18-21H2,1-2H3,(H,47,51)/t22?,25-,26?,34-/m0/s1. The molecule has 3 aliphatic rings. The lowest BCUT2D eigenvalue weighted by atomic mass is 9.82. The zero-order valence-corrected chi connectivity index (χ0v) is 30.8. The van der Waals surface area contributed by atoms with Gasteiger partial charge in [0.15, 0.2) is 0 Å². The predicted octanol–water partition coefficient (Wildman–Crippen LogP) is 6.80. The highest BCUT2D eigenvalue weighted by Crippen LogP contribution is 2.46. The number of amides is 1. The third-order valence-corrected chi connectivity index (χ3v) is 10.8. The van der Waals surface area contributed by atoms with Crippen molar-refractivity contribution in [3.63, 3.8) is 0 Å². The van der Waals surface area contributed by atoms with Gasteiger partial charge in [-0.05, 0) is 73.4 Å². The number of nitrogens with one attached hydrogen (secondary N) is 3. The van der Waals surface area contributed by atoms with Crippen LogP contribution in [0.3, 0.4) is 0 Å². The molecule has 2 aromatic carbocycles. The third kappa shape index (κ3) is 8.14. The number of aromatic nitrogens is 2. The van der Waals surface area contributed by atoms with Gasteiger partial charge < -0.3 is 35.3 Å². The first-order valence-electron chi connectivity index (χ1n) is 18.2. The molecule has 7 rings (SSSR count). The molecule has 1 amide bonds. The number of hydrogen-bond donors (Lipinski definition) is 4. The lowest BCUT2D eigenvalue weighted by molar-refractivity contribution is -0.139. The number of fused-ring (bicyclic) bond motifs is 1. The summed E-state index contributed by atoms with van der Waals surface area (Å²) in [7, 11) is 2.94. The highest BCUT2D eigenvalue weighted by molar-refractivity contribution is 6.36. The van der Waals surface area contributed by atoms with Crippen molar-refractivity contribution in [2.24, 2.45) is 5.92 Å². The average molecular weight is 766 g/mol. The third-order valence-electron chi connectivity index (χ3n) is 10.4. The van der Waals surface area contributed by atoms with E-state index in [9.17, 15) is 23.1 Å². The van der Waals surface area contributed by atoms with Gasteiger partial charge in [-0.2, -0.15) is 18.2 Å². The Morgan fingerprint density at radius 3 is 2.30 bits per heavy atom. The topological polar surface area (TPSA) is 127 Å². The van der Waals surface area contributed by atoms with Gasteiger partial charge >= 0.3 is 6.18 Å². The molecule has 0 bridgehead atoms. The van der Waals surface area contributed by atoms with E-state index in [-0.39, 0.29) is 42.0 Å². The molecule has 0 spiro atoms. The Bertz CT molecular complexity index is 2010. The number of hydrogen-bond acceptors (Lipinski definition) is 9. The largest absolute Gasteiger partial charge is 0.481 e. The Kier molecular flexibility index (Phi) is 11.3. The number of pyridine rings is 2. The van der Waals surface area contributed by atoms with Gasteiger partial charge in [-0.25, -0.2) is 4.98 Å². The van der Waals surface area contributed by atoms with Crippen LogP contribution in [-0.2, 0) is 30.5 Å². The quantitative estimate of drug-likeness (QED) is 0.110. The minimum atomic E-state index is -4.71. The van der Waals surface area contributed by atoms with E-state index >= 15 is 0 Å². The summed E-state index contributed by atoms with van der Waals surface area (Å²) in [6.07, 6.45) is -1.98. The second-order valence-electron chi connectivity index (χ2n) is 14.1. The van der Waals surface area contributed by atoms with Crippen molar-refractivity contribution in [2.45, 2.75) is 76.0 Å². The van der Waals surface area contributed by atoms with E-state index in [0.29, 0.717) is 73.9 Å². The Labute approximate surface area is 316 Å². The Hall–Kier alpha value is -4.43. The van der Waals surface area contributed by atoms with Crippen molar-refractivity contribution in [3.8, 4) is 40.0 Å². The number of carbonyl (C=O) groups is 1. The van der Waals surface area contributed by atoms with E-state index in [4.69, 9.17) is 30.8 Å². The smallest absolute Gasteiger partial charge is 0.421 e. The molecule has 3 heterocycles. The van der Waals surface area contributed by atoms with Crippen LogP contribution in [0.2, 0.25) is 5.02 Å². The Morgan fingerprint density at radius 1 is 0.870 bits per heavy atom. The van der Waals surface area contributed by atoms with Crippen LogP contribution < -0.4 is 30.2 Å². The summed E-state index contributed by atoms with van der Waals surface area (Å²) in [5.74, 6) is 0.345. The van der Waals surface area contributed by atoms with Crippen molar-refractivity contribution in [2.75, 3.05) is 27.3 Å². The molecule has 0 unspecified atom stereocenters. The van der Waals surface area contributed by atoms with Crippen molar-refractivity contribution in [1.82, 2.24) is 25.9 Å². The minimum absolute atomic E-state index is 0.0586. The molecule has 2 fully saturated rings. The molecule has 2 aromatic heterocycles. The molecule has 4 aromatic rings. The van der Waals surface area contributed by atoms with Crippen molar-refractivity contribution >= 4 is 17.5 Å². The van der Waals surface area contributed by atoms with Gasteiger partial charge in [-0.3, -0.25) is 4.79 Å². The van der Waals surface area contributed by atoms with Gasteiger partial charge in [0.2, 0.25) is 23.5 Å². The van der Waals surface area contributed by atoms with Crippen LogP contribution >= 0.6 is 11.6 Å². The number of aliphatic hydroxyl groups excluding tert-OH is 1. The number of halogens is 4.